The summed E-state index contributed by atoms with van der Waals surface area (Å²) in [6, 6.07) is 16.4. The maximum atomic E-state index is 12.8. The van der Waals surface area contributed by atoms with Crippen LogP contribution in [0.25, 0.3) is 0 Å². The number of benzene rings is 2. The van der Waals surface area contributed by atoms with Crippen molar-refractivity contribution in [2.45, 2.75) is 19.1 Å². The van der Waals surface area contributed by atoms with Gasteiger partial charge in [0.2, 0.25) is 11.7 Å². The van der Waals surface area contributed by atoms with Crippen LogP contribution in [-0.2, 0) is 22.6 Å². The number of halogens is 1. The zero-order chi connectivity index (χ0) is 21.8. The summed E-state index contributed by atoms with van der Waals surface area (Å²) < 4.78 is 6.83. The zero-order valence-corrected chi connectivity index (χ0v) is 17.7. The van der Waals surface area contributed by atoms with Gasteiger partial charge in [-0.2, -0.15) is 0 Å². The minimum atomic E-state index is -0.442. The summed E-state index contributed by atoms with van der Waals surface area (Å²) in [5.41, 5.74) is 1.82. The number of rotatable bonds is 6. The van der Waals surface area contributed by atoms with Gasteiger partial charge in [0, 0.05) is 31.8 Å². The fraction of sp³-hybridized carbons (Fsp3) is 0.273. The fourth-order valence-corrected chi connectivity index (χ4v) is 3.81. The standard InChI is InChI=1S/C22H22ClN5O3/c1-31-14-18(29)27-11-12-28-20(19(27)16-5-3-2-4-6-16)25-26-21(28)22(30)24-13-15-7-9-17(23)10-8-15/h2-10,19H,11-14H2,1H3,(H,24,30). The summed E-state index contributed by atoms with van der Waals surface area (Å²) in [5.74, 6) is 0.318. The van der Waals surface area contributed by atoms with Crippen molar-refractivity contribution in [3.63, 3.8) is 0 Å². The predicted octanol–water partition coefficient (Wildman–Crippen LogP) is 2.44. The van der Waals surface area contributed by atoms with E-state index in [2.05, 4.69) is 15.5 Å². The van der Waals surface area contributed by atoms with Crippen LogP contribution >= 0.6 is 11.6 Å². The van der Waals surface area contributed by atoms with Crippen molar-refractivity contribution in [3.05, 3.63) is 82.4 Å². The molecule has 1 aliphatic rings. The molecule has 0 saturated heterocycles. The Kier molecular flexibility index (Phi) is 6.29. The highest BCUT2D eigenvalue weighted by molar-refractivity contribution is 6.30. The second-order valence-electron chi connectivity index (χ2n) is 7.18. The Morgan fingerprint density at radius 3 is 2.55 bits per heavy atom. The molecular weight excluding hydrogens is 418 g/mol. The number of hydrogen-bond donors (Lipinski definition) is 1. The Morgan fingerprint density at radius 1 is 1.10 bits per heavy atom. The van der Waals surface area contributed by atoms with Gasteiger partial charge >= 0.3 is 0 Å². The van der Waals surface area contributed by atoms with Crippen LogP contribution in [0, 0.1) is 0 Å². The van der Waals surface area contributed by atoms with E-state index in [0.29, 0.717) is 30.5 Å². The molecule has 2 amide bonds. The molecule has 0 fully saturated rings. The van der Waals surface area contributed by atoms with Crippen molar-refractivity contribution in [1.82, 2.24) is 25.0 Å². The van der Waals surface area contributed by atoms with Crippen LogP contribution in [0.15, 0.2) is 54.6 Å². The lowest BCUT2D eigenvalue weighted by molar-refractivity contribution is -0.138. The van der Waals surface area contributed by atoms with E-state index in [9.17, 15) is 9.59 Å². The van der Waals surface area contributed by atoms with Crippen molar-refractivity contribution in [3.8, 4) is 0 Å². The molecule has 0 aliphatic carbocycles. The minimum Gasteiger partial charge on any atom is -0.375 e. The number of aromatic nitrogens is 3. The summed E-state index contributed by atoms with van der Waals surface area (Å²) >= 11 is 5.91. The first-order chi connectivity index (χ1) is 15.1. The molecule has 1 N–H and O–H groups in total. The molecule has 2 heterocycles. The quantitative estimate of drug-likeness (QED) is 0.637. The SMILES string of the molecule is COCC(=O)N1CCn2c(C(=O)NCc3ccc(Cl)cc3)nnc2C1c1ccccc1. The highest BCUT2D eigenvalue weighted by Crippen LogP contribution is 2.31. The summed E-state index contributed by atoms with van der Waals surface area (Å²) in [6.45, 7) is 1.17. The number of methoxy groups -OCH3 is 1. The van der Waals surface area contributed by atoms with Gasteiger partial charge in [-0.1, -0.05) is 54.1 Å². The number of amides is 2. The first-order valence-electron chi connectivity index (χ1n) is 9.87. The molecular formula is C22H22ClN5O3. The van der Waals surface area contributed by atoms with E-state index in [1.54, 1.807) is 21.6 Å². The molecule has 1 aromatic heterocycles. The van der Waals surface area contributed by atoms with E-state index in [-0.39, 0.29) is 24.2 Å². The molecule has 1 unspecified atom stereocenters. The largest absolute Gasteiger partial charge is 0.375 e. The summed E-state index contributed by atoms with van der Waals surface area (Å²) in [4.78, 5) is 27.2. The Morgan fingerprint density at radius 2 is 1.84 bits per heavy atom. The molecule has 160 valence electrons. The molecule has 0 spiro atoms. The highest BCUT2D eigenvalue weighted by atomic mass is 35.5. The van der Waals surface area contributed by atoms with Gasteiger partial charge in [-0.25, -0.2) is 0 Å². The molecule has 9 heteroatoms. The smallest absolute Gasteiger partial charge is 0.289 e. The van der Waals surface area contributed by atoms with Gasteiger partial charge in [0.05, 0.1) is 0 Å². The lowest BCUT2D eigenvalue weighted by Crippen LogP contribution is -2.45. The zero-order valence-electron chi connectivity index (χ0n) is 17.0. The second kappa shape index (κ2) is 9.28. The normalized spacial score (nSPS) is 15.4. The van der Waals surface area contributed by atoms with Crippen LogP contribution in [0.2, 0.25) is 5.02 Å². The number of carbonyl (C=O) groups is 2. The third-order valence-electron chi connectivity index (χ3n) is 5.17. The van der Waals surface area contributed by atoms with Gasteiger partial charge in [0.1, 0.15) is 12.6 Å². The van der Waals surface area contributed by atoms with E-state index in [0.717, 1.165) is 11.1 Å². The summed E-state index contributed by atoms with van der Waals surface area (Å²) in [7, 11) is 1.49. The van der Waals surface area contributed by atoms with Crippen molar-refractivity contribution in [1.29, 1.82) is 0 Å². The van der Waals surface area contributed by atoms with Gasteiger partial charge in [-0.3, -0.25) is 9.59 Å². The van der Waals surface area contributed by atoms with Gasteiger partial charge in [-0.05, 0) is 23.3 Å². The number of hydrogen-bond acceptors (Lipinski definition) is 5. The van der Waals surface area contributed by atoms with E-state index in [1.807, 2.05) is 42.5 Å². The lowest BCUT2D eigenvalue weighted by atomic mass is 10.0. The van der Waals surface area contributed by atoms with Crippen LogP contribution in [0.3, 0.4) is 0 Å². The van der Waals surface area contributed by atoms with E-state index in [1.165, 1.54) is 7.11 Å². The summed E-state index contributed by atoms with van der Waals surface area (Å²) in [5, 5.41) is 12.0. The highest BCUT2D eigenvalue weighted by Gasteiger charge is 2.36. The van der Waals surface area contributed by atoms with Gasteiger partial charge in [0.25, 0.3) is 5.91 Å². The number of ether oxygens (including phenoxy) is 1. The number of nitrogens with one attached hydrogen (secondary N) is 1. The molecule has 0 bridgehead atoms. The number of carbonyl (C=O) groups excluding carboxylic acids is 2. The predicted molar refractivity (Wildman–Crippen MR) is 115 cm³/mol. The van der Waals surface area contributed by atoms with Gasteiger partial charge < -0.3 is 19.5 Å². The van der Waals surface area contributed by atoms with Crippen LogP contribution in [0.5, 0.6) is 0 Å². The minimum absolute atomic E-state index is 0.0219. The molecule has 1 aliphatic heterocycles. The van der Waals surface area contributed by atoms with Gasteiger partial charge in [-0.15, -0.1) is 10.2 Å². The van der Waals surface area contributed by atoms with Crippen molar-refractivity contribution in [2.75, 3.05) is 20.3 Å². The van der Waals surface area contributed by atoms with E-state index >= 15 is 0 Å². The van der Waals surface area contributed by atoms with E-state index < -0.39 is 6.04 Å². The van der Waals surface area contributed by atoms with Gasteiger partial charge in [0.15, 0.2) is 5.82 Å². The fourth-order valence-electron chi connectivity index (χ4n) is 3.69. The Balaban J connectivity index is 1.60. The molecule has 1 atom stereocenters. The Hall–Kier alpha value is -3.23. The molecule has 31 heavy (non-hydrogen) atoms. The number of fused-ring (bicyclic) bond motifs is 1. The third-order valence-corrected chi connectivity index (χ3v) is 5.43. The monoisotopic (exact) mass is 439 g/mol. The van der Waals surface area contributed by atoms with Crippen LogP contribution < -0.4 is 5.32 Å². The molecule has 2 aromatic carbocycles. The lowest BCUT2D eigenvalue weighted by Gasteiger charge is -2.36. The Bertz CT molecular complexity index is 1070. The molecule has 3 aromatic rings. The van der Waals surface area contributed by atoms with Crippen LogP contribution in [0.4, 0.5) is 0 Å². The second-order valence-corrected chi connectivity index (χ2v) is 7.61. The third kappa shape index (κ3) is 4.45. The maximum Gasteiger partial charge on any atom is 0.289 e. The molecule has 0 saturated carbocycles. The van der Waals surface area contributed by atoms with Crippen LogP contribution in [0.1, 0.15) is 33.6 Å². The first-order valence-corrected chi connectivity index (χ1v) is 10.3. The van der Waals surface area contributed by atoms with Crippen molar-refractivity contribution >= 4 is 23.4 Å². The molecule has 4 rings (SSSR count). The molecule has 0 radical (unpaired) electrons. The first kappa shape index (κ1) is 21.0. The Labute approximate surface area is 184 Å². The van der Waals surface area contributed by atoms with Crippen LogP contribution in [-0.4, -0.2) is 51.7 Å². The topological polar surface area (TPSA) is 89.4 Å². The van der Waals surface area contributed by atoms with E-state index in [4.69, 9.17) is 16.3 Å². The van der Waals surface area contributed by atoms with Crippen molar-refractivity contribution < 1.29 is 14.3 Å². The molecule has 8 nitrogen and oxygen atoms in total. The maximum absolute atomic E-state index is 12.8. The van der Waals surface area contributed by atoms with Crippen molar-refractivity contribution in [2.24, 2.45) is 0 Å². The number of nitrogens with zero attached hydrogens (tertiary/aromatic N) is 4. The average molecular weight is 440 g/mol. The summed E-state index contributed by atoms with van der Waals surface area (Å²) in [6.07, 6.45) is 0. The average Bonchev–Trinajstić information content (AvgIpc) is 3.23.